The summed E-state index contributed by atoms with van der Waals surface area (Å²) in [5.41, 5.74) is 2.86. The van der Waals surface area contributed by atoms with Gasteiger partial charge in [-0.3, -0.25) is 0 Å². The molecule has 5 heteroatoms. The fourth-order valence-corrected chi connectivity index (χ4v) is 3.63. The van der Waals surface area contributed by atoms with Crippen LogP contribution in [0.2, 0.25) is 5.02 Å². The summed E-state index contributed by atoms with van der Waals surface area (Å²) >= 11 is 6.21. The summed E-state index contributed by atoms with van der Waals surface area (Å²) in [7, 11) is 0. The van der Waals surface area contributed by atoms with Crippen molar-refractivity contribution in [3.05, 3.63) is 108 Å². The summed E-state index contributed by atoms with van der Waals surface area (Å²) in [5.74, 6) is 0.608. The largest absolute Gasteiger partial charge is 0.489 e. The van der Waals surface area contributed by atoms with Crippen LogP contribution in [0.25, 0.3) is 11.1 Å². The zero-order valence-electron chi connectivity index (χ0n) is 16.7. The number of hydrogen-bond acceptors (Lipinski definition) is 3. The first kappa shape index (κ1) is 20.2. The number of aromatic nitrogens is 2. The van der Waals surface area contributed by atoms with Crippen LogP contribution in [0.5, 0.6) is 5.75 Å². The predicted molar refractivity (Wildman–Crippen MR) is 119 cm³/mol. The number of benzene rings is 3. The van der Waals surface area contributed by atoms with Crippen molar-refractivity contribution in [2.24, 2.45) is 0 Å². The molecular formula is C25H23ClN2O2. The van der Waals surface area contributed by atoms with Gasteiger partial charge in [0.1, 0.15) is 18.0 Å². The maximum Gasteiger partial charge on any atom is 0.126 e. The fraction of sp³-hybridized carbons (Fsp3) is 0.160. The molecule has 0 aliphatic carbocycles. The van der Waals surface area contributed by atoms with Crippen molar-refractivity contribution in [3.8, 4) is 16.9 Å². The van der Waals surface area contributed by atoms with E-state index in [-0.39, 0.29) is 0 Å². The number of halogens is 1. The zero-order valence-corrected chi connectivity index (χ0v) is 17.5. The zero-order chi connectivity index (χ0) is 21.0. The minimum Gasteiger partial charge on any atom is -0.489 e. The average molecular weight is 419 g/mol. The smallest absolute Gasteiger partial charge is 0.126 e. The van der Waals surface area contributed by atoms with Gasteiger partial charge in [0.25, 0.3) is 0 Å². The molecule has 0 radical (unpaired) electrons. The molecular weight excluding hydrogens is 396 g/mol. The van der Waals surface area contributed by atoms with Gasteiger partial charge >= 0.3 is 0 Å². The van der Waals surface area contributed by atoms with E-state index >= 15 is 0 Å². The molecule has 1 heterocycles. The Morgan fingerprint density at radius 1 is 1.00 bits per heavy atom. The molecule has 0 amide bonds. The van der Waals surface area contributed by atoms with Crippen molar-refractivity contribution in [1.29, 1.82) is 0 Å². The monoisotopic (exact) mass is 418 g/mol. The Balaban J connectivity index is 1.51. The number of aliphatic hydroxyl groups is 1. The van der Waals surface area contributed by atoms with Crippen LogP contribution >= 0.6 is 11.6 Å². The highest BCUT2D eigenvalue weighted by molar-refractivity contribution is 6.30. The highest BCUT2D eigenvalue weighted by Crippen LogP contribution is 2.34. The van der Waals surface area contributed by atoms with E-state index < -0.39 is 5.60 Å². The summed E-state index contributed by atoms with van der Waals surface area (Å²) < 4.78 is 7.91. The van der Waals surface area contributed by atoms with E-state index in [2.05, 4.69) is 41.4 Å². The van der Waals surface area contributed by atoms with E-state index in [1.165, 1.54) is 5.56 Å². The van der Waals surface area contributed by atoms with Crippen LogP contribution in [0, 0.1) is 0 Å². The van der Waals surface area contributed by atoms with Gasteiger partial charge in [0.2, 0.25) is 0 Å². The molecule has 0 bridgehead atoms. The molecule has 1 aromatic heterocycles. The Hall–Kier alpha value is -3.08. The Bertz CT molecular complexity index is 1090. The molecule has 1 N–H and O–H groups in total. The van der Waals surface area contributed by atoms with Crippen LogP contribution in [0.3, 0.4) is 0 Å². The molecule has 0 aliphatic rings. The molecule has 0 spiro atoms. The molecule has 152 valence electrons. The molecule has 3 aromatic carbocycles. The van der Waals surface area contributed by atoms with Crippen molar-refractivity contribution in [3.63, 3.8) is 0 Å². The lowest BCUT2D eigenvalue weighted by atomic mass is 9.95. The minimum atomic E-state index is -1.17. The lowest BCUT2D eigenvalue weighted by molar-refractivity contribution is 0.0350. The van der Waals surface area contributed by atoms with Crippen molar-refractivity contribution in [2.75, 3.05) is 0 Å². The van der Waals surface area contributed by atoms with E-state index in [1.54, 1.807) is 37.6 Å². The maximum absolute atomic E-state index is 11.1. The lowest BCUT2D eigenvalue weighted by Crippen LogP contribution is -2.28. The van der Waals surface area contributed by atoms with Crippen molar-refractivity contribution < 1.29 is 9.84 Å². The Kier molecular flexibility index (Phi) is 5.88. The predicted octanol–water partition coefficient (Wildman–Crippen LogP) is 5.69. The third kappa shape index (κ3) is 4.73. The molecule has 0 aliphatic heterocycles. The SMILES string of the molecule is CC(O)(Cn1ccnc1)c1cc(Cl)ccc1OCc1ccc(-c2ccccc2)cc1. The van der Waals surface area contributed by atoms with Crippen LogP contribution in [0.1, 0.15) is 18.1 Å². The average Bonchev–Trinajstić information content (AvgIpc) is 3.26. The van der Waals surface area contributed by atoms with Crippen molar-refractivity contribution in [1.82, 2.24) is 9.55 Å². The second kappa shape index (κ2) is 8.74. The van der Waals surface area contributed by atoms with E-state index in [0.29, 0.717) is 29.5 Å². The quantitative estimate of drug-likeness (QED) is 0.419. The van der Waals surface area contributed by atoms with Crippen LogP contribution in [-0.4, -0.2) is 14.7 Å². The first-order chi connectivity index (χ1) is 14.5. The van der Waals surface area contributed by atoms with Gasteiger partial charge in [0.15, 0.2) is 0 Å². The number of rotatable bonds is 7. The molecule has 4 rings (SSSR count). The Labute approximate surface area is 181 Å². The Morgan fingerprint density at radius 2 is 1.73 bits per heavy atom. The van der Waals surface area contributed by atoms with Gasteiger partial charge in [-0.1, -0.05) is 66.2 Å². The van der Waals surface area contributed by atoms with E-state index in [1.807, 2.05) is 29.0 Å². The van der Waals surface area contributed by atoms with Gasteiger partial charge in [-0.25, -0.2) is 4.98 Å². The number of nitrogens with zero attached hydrogens (tertiary/aromatic N) is 2. The topological polar surface area (TPSA) is 47.3 Å². The summed E-state index contributed by atoms with van der Waals surface area (Å²) in [5, 5.41) is 11.7. The third-order valence-corrected chi connectivity index (χ3v) is 5.26. The second-order valence-electron chi connectivity index (χ2n) is 7.50. The molecule has 4 nitrogen and oxygen atoms in total. The van der Waals surface area contributed by atoms with Crippen molar-refractivity contribution in [2.45, 2.75) is 25.7 Å². The highest BCUT2D eigenvalue weighted by atomic mass is 35.5. The van der Waals surface area contributed by atoms with Crippen LogP contribution in [0.15, 0.2) is 91.5 Å². The van der Waals surface area contributed by atoms with E-state index in [0.717, 1.165) is 11.1 Å². The van der Waals surface area contributed by atoms with Crippen molar-refractivity contribution >= 4 is 11.6 Å². The number of imidazole rings is 1. The first-order valence-electron chi connectivity index (χ1n) is 9.76. The van der Waals surface area contributed by atoms with Gasteiger partial charge in [-0.2, -0.15) is 0 Å². The van der Waals surface area contributed by atoms with E-state index in [9.17, 15) is 5.11 Å². The second-order valence-corrected chi connectivity index (χ2v) is 7.94. The molecule has 0 saturated carbocycles. The minimum absolute atomic E-state index is 0.343. The van der Waals surface area contributed by atoms with E-state index in [4.69, 9.17) is 16.3 Å². The first-order valence-corrected chi connectivity index (χ1v) is 10.1. The summed E-state index contributed by atoms with van der Waals surface area (Å²) in [4.78, 5) is 4.04. The summed E-state index contributed by atoms with van der Waals surface area (Å²) in [6.45, 7) is 2.49. The molecule has 1 atom stereocenters. The van der Waals surface area contributed by atoms with Crippen LogP contribution in [-0.2, 0) is 18.8 Å². The van der Waals surface area contributed by atoms with Gasteiger partial charge < -0.3 is 14.4 Å². The van der Waals surface area contributed by atoms with Gasteiger partial charge in [0, 0.05) is 23.0 Å². The summed E-state index contributed by atoms with van der Waals surface area (Å²) in [6, 6.07) is 23.9. The normalized spacial score (nSPS) is 13.0. The molecule has 4 aromatic rings. The molecule has 30 heavy (non-hydrogen) atoms. The number of hydrogen-bond donors (Lipinski definition) is 1. The van der Waals surface area contributed by atoms with Crippen LogP contribution < -0.4 is 4.74 Å². The van der Waals surface area contributed by atoms with Gasteiger partial charge in [-0.15, -0.1) is 0 Å². The fourth-order valence-electron chi connectivity index (χ4n) is 3.46. The highest BCUT2D eigenvalue weighted by Gasteiger charge is 2.28. The number of ether oxygens (including phenoxy) is 1. The van der Waals surface area contributed by atoms with Gasteiger partial charge in [0.05, 0.1) is 12.9 Å². The molecule has 0 saturated heterocycles. The Morgan fingerprint density at radius 3 is 2.43 bits per heavy atom. The standard InChI is InChI=1S/C25H23ClN2O2/c1-25(29,17-28-14-13-27-18-28)23-15-22(26)11-12-24(23)30-16-19-7-9-21(10-8-19)20-5-3-2-4-6-20/h2-15,18,29H,16-17H2,1H3. The summed E-state index contributed by atoms with van der Waals surface area (Å²) in [6.07, 6.45) is 5.17. The molecule has 1 unspecified atom stereocenters. The van der Waals surface area contributed by atoms with Crippen LogP contribution in [0.4, 0.5) is 0 Å². The molecule has 0 fully saturated rings. The third-order valence-electron chi connectivity index (χ3n) is 5.03. The van der Waals surface area contributed by atoms with Gasteiger partial charge in [-0.05, 0) is 41.8 Å². The maximum atomic E-state index is 11.1. The lowest BCUT2D eigenvalue weighted by Gasteiger charge is -2.27.